The standard InChI is InChI=1S/C18H28N2O3/c1-11-6-5-9-15(12(11)2)19-16(21)10-20-17(22)13-7-3-4-8-14(13)18(20)23/h11-15H,3-10H2,1-2H3,(H,19,21)/t11-,12-,13-,14-,15+/m1/s1. The molecule has 5 nitrogen and oxygen atoms in total. The topological polar surface area (TPSA) is 66.5 Å². The minimum Gasteiger partial charge on any atom is -0.352 e. The predicted octanol–water partition coefficient (Wildman–Crippen LogP) is 2.10. The van der Waals surface area contributed by atoms with Crippen LogP contribution in [0.5, 0.6) is 0 Å². The number of rotatable bonds is 3. The molecule has 5 heteroatoms. The molecule has 23 heavy (non-hydrogen) atoms. The molecule has 3 rings (SSSR count). The van der Waals surface area contributed by atoms with Crippen LogP contribution in [0.1, 0.15) is 58.8 Å². The number of likely N-dealkylation sites (tertiary alicyclic amines) is 1. The van der Waals surface area contributed by atoms with E-state index in [2.05, 4.69) is 19.2 Å². The zero-order chi connectivity index (χ0) is 16.6. The summed E-state index contributed by atoms with van der Waals surface area (Å²) in [5, 5.41) is 3.06. The number of imide groups is 1. The van der Waals surface area contributed by atoms with Crippen LogP contribution in [0.15, 0.2) is 0 Å². The van der Waals surface area contributed by atoms with Crippen LogP contribution in [0, 0.1) is 23.7 Å². The van der Waals surface area contributed by atoms with E-state index >= 15 is 0 Å². The van der Waals surface area contributed by atoms with Crippen LogP contribution < -0.4 is 5.32 Å². The Morgan fingerprint density at radius 3 is 2.22 bits per heavy atom. The lowest BCUT2D eigenvalue weighted by Crippen LogP contribution is -2.48. The van der Waals surface area contributed by atoms with E-state index in [9.17, 15) is 14.4 Å². The number of hydrogen-bond acceptors (Lipinski definition) is 3. The maximum absolute atomic E-state index is 12.4. The third-order valence-electron chi connectivity index (χ3n) is 6.29. The number of nitrogens with zero attached hydrogens (tertiary/aromatic N) is 1. The zero-order valence-corrected chi connectivity index (χ0v) is 14.2. The van der Waals surface area contributed by atoms with Gasteiger partial charge in [0.2, 0.25) is 17.7 Å². The Kier molecular flexibility index (Phi) is 4.74. The van der Waals surface area contributed by atoms with Gasteiger partial charge in [0.25, 0.3) is 0 Å². The molecule has 3 aliphatic rings. The third-order valence-corrected chi connectivity index (χ3v) is 6.29. The summed E-state index contributed by atoms with van der Waals surface area (Å²) in [4.78, 5) is 38.4. The fourth-order valence-electron chi connectivity index (χ4n) is 4.57. The maximum Gasteiger partial charge on any atom is 0.240 e. The van der Waals surface area contributed by atoms with Gasteiger partial charge in [-0.3, -0.25) is 19.3 Å². The van der Waals surface area contributed by atoms with Gasteiger partial charge in [-0.15, -0.1) is 0 Å². The van der Waals surface area contributed by atoms with Crippen LogP contribution in [-0.4, -0.2) is 35.2 Å². The lowest BCUT2D eigenvalue weighted by Gasteiger charge is -2.34. The second kappa shape index (κ2) is 6.62. The number of carbonyl (C=O) groups is 3. The average Bonchev–Trinajstić information content (AvgIpc) is 2.77. The third kappa shape index (κ3) is 3.15. The summed E-state index contributed by atoms with van der Waals surface area (Å²) >= 11 is 0. The molecular formula is C18H28N2O3. The van der Waals surface area contributed by atoms with Crippen molar-refractivity contribution in [3.8, 4) is 0 Å². The molecule has 0 bridgehead atoms. The number of nitrogens with one attached hydrogen (secondary N) is 1. The van der Waals surface area contributed by atoms with Crippen molar-refractivity contribution in [2.24, 2.45) is 23.7 Å². The first-order chi connectivity index (χ1) is 11.0. The Morgan fingerprint density at radius 2 is 1.61 bits per heavy atom. The quantitative estimate of drug-likeness (QED) is 0.810. The van der Waals surface area contributed by atoms with E-state index in [0.717, 1.165) is 38.5 Å². The maximum atomic E-state index is 12.4. The molecule has 5 atom stereocenters. The lowest BCUT2D eigenvalue weighted by atomic mass is 9.78. The van der Waals surface area contributed by atoms with Gasteiger partial charge in [-0.05, 0) is 31.1 Å². The second-order valence-corrected chi connectivity index (χ2v) is 7.70. The van der Waals surface area contributed by atoms with Crippen molar-refractivity contribution >= 4 is 17.7 Å². The minimum absolute atomic E-state index is 0.0950. The molecule has 2 saturated carbocycles. The monoisotopic (exact) mass is 320 g/mol. The van der Waals surface area contributed by atoms with Crippen LogP contribution in [-0.2, 0) is 14.4 Å². The lowest BCUT2D eigenvalue weighted by molar-refractivity contribution is -0.144. The molecule has 3 amide bonds. The molecule has 1 heterocycles. The first-order valence-corrected chi connectivity index (χ1v) is 9.13. The van der Waals surface area contributed by atoms with Gasteiger partial charge in [0, 0.05) is 6.04 Å². The summed E-state index contributed by atoms with van der Waals surface area (Å²) in [5.41, 5.74) is 0. The molecule has 0 aromatic rings. The normalized spacial score (nSPS) is 37.7. The number of fused-ring (bicyclic) bond motifs is 1. The van der Waals surface area contributed by atoms with E-state index in [1.807, 2.05) is 0 Å². The van der Waals surface area contributed by atoms with Crippen molar-refractivity contribution in [2.75, 3.05) is 6.54 Å². The van der Waals surface area contributed by atoms with Crippen LogP contribution in [0.3, 0.4) is 0 Å². The first kappa shape index (κ1) is 16.5. The highest BCUT2D eigenvalue weighted by Crippen LogP contribution is 2.38. The highest BCUT2D eigenvalue weighted by Gasteiger charge is 2.48. The van der Waals surface area contributed by atoms with Gasteiger partial charge in [-0.2, -0.15) is 0 Å². The Morgan fingerprint density at radius 1 is 1.00 bits per heavy atom. The van der Waals surface area contributed by atoms with Crippen LogP contribution in [0.25, 0.3) is 0 Å². The van der Waals surface area contributed by atoms with Crippen molar-refractivity contribution in [3.63, 3.8) is 0 Å². The van der Waals surface area contributed by atoms with Gasteiger partial charge in [-0.25, -0.2) is 0 Å². The summed E-state index contributed by atoms with van der Waals surface area (Å²) in [6, 6.07) is 0.168. The van der Waals surface area contributed by atoms with Gasteiger partial charge < -0.3 is 5.32 Å². The fraction of sp³-hybridized carbons (Fsp3) is 0.833. The van der Waals surface area contributed by atoms with Gasteiger partial charge in [-0.1, -0.05) is 39.5 Å². The molecule has 128 valence electrons. The average molecular weight is 320 g/mol. The van der Waals surface area contributed by atoms with Crippen LogP contribution in [0.4, 0.5) is 0 Å². The van der Waals surface area contributed by atoms with Crippen molar-refractivity contribution < 1.29 is 14.4 Å². The molecule has 0 aromatic carbocycles. The van der Waals surface area contributed by atoms with Gasteiger partial charge in [0.15, 0.2) is 0 Å². The van der Waals surface area contributed by atoms with E-state index in [1.54, 1.807) is 0 Å². The zero-order valence-electron chi connectivity index (χ0n) is 14.2. The number of amides is 3. The summed E-state index contributed by atoms with van der Waals surface area (Å²) < 4.78 is 0. The van der Waals surface area contributed by atoms with Crippen LogP contribution in [0.2, 0.25) is 0 Å². The minimum atomic E-state index is -0.184. The first-order valence-electron chi connectivity index (χ1n) is 9.13. The van der Waals surface area contributed by atoms with E-state index in [4.69, 9.17) is 0 Å². The molecular weight excluding hydrogens is 292 g/mol. The number of hydrogen-bond donors (Lipinski definition) is 1. The van der Waals surface area contributed by atoms with Crippen molar-refractivity contribution in [2.45, 2.75) is 64.8 Å². The summed E-state index contributed by atoms with van der Waals surface area (Å²) in [6.45, 7) is 4.30. The molecule has 1 saturated heterocycles. The molecule has 0 spiro atoms. The fourth-order valence-corrected chi connectivity index (χ4v) is 4.57. The SMILES string of the molecule is C[C@@H]1[C@H](C)CCC[C@@H]1NC(=O)CN1C(=O)[C@@H]2CCCC[C@H]2C1=O. The molecule has 1 N–H and O–H groups in total. The van der Waals surface area contributed by atoms with Crippen molar-refractivity contribution in [1.82, 2.24) is 10.2 Å². The highest BCUT2D eigenvalue weighted by atomic mass is 16.2. The Balaban J connectivity index is 1.59. The Labute approximate surface area is 138 Å². The van der Waals surface area contributed by atoms with Gasteiger partial charge in [0.05, 0.1) is 11.8 Å². The molecule has 0 radical (unpaired) electrons. The number of carbonyl (C=O) groups excluding carboxylic acids is 3. The summed E-state index contributed by atoms with van der Waals surface area (Å²) in [7, 11) is 0. The molecule has 3 fully saturated rings. The van der Waals surface area contributed by atoms with Crippen LogP contribution >= 0.6 is 0 Å². The summed E-state index contributed by atoms with van der Waals surface area (Å²) in [6.07, 6.45) is 6.94. The predicted molar refractivity (Wildman–Crippen MR) is 86.3 cm³/mol. The molecule has 0 unspecified atom stereocenters. The van der Waals surface area contributed by atoms with Crippen molar-refractivity contribution in [3.05, 3.63) is 0 Å². The Bertz CT molecular complexity index is 480. The second-order valence-electron chi connectivity index (χ2n) is 7.70. The Hall–Kier alpha value is -1.39. The van der Waals surface area contributed by atoms with Crippen molar-refractivity contribution in [1.29, 1.82) is 0 Å². The van der Waals surface area contributed by atoms with Gasteiger partial charge in [0.1, 0.15) is 6.54 Å². The smallest absolute Gasteiger partial charge is 0.240 e. The molecule has 0 aromatic heterocycles. The molecule has 2 aliphatic carbocycles. The largest absolute Gasteiger partial charge is 0.352 e. The molecule has 1 aliphatic heterocycles. The van der Waals surface area contributed by atoms with E-state index < -0.39 is 0 Å². The van der Waals surface area contributed by atoms with E-state index in [-0.39, 0.29) is 42.1 Å². The van der Waals surface area contributed by atoms with E-state index in [1.165, 1.54) is 11.3 Å². The van der Waals surface area contributed by atoms with E-state index in [0.29, 0.717) is 11.8 Å². The highest BCUT2D eigenvalue weighted by molar-refractivity contribution is 6.07. The van der Waals surface area contributed by atoms with Gasteiger partial charge >= 0.3 is 0 Å². The summed E-state index contributed by atoms with van der Waals surface area (Å²) in [5.74, 6) is 0.277.